The third-order valence-corrected chi connectivity index (χ3v) is 4.86. The first-order valence-electron chi connectivity index (χ1n) is 6.43. The number of aliphatic hydroxyl groups is 1. The van der Waals surface area contributed by atoms with E-state index in [0.717, 1.165) is 17.6 Å². The van der Waals surface area contributed by atoms with E-state index >= 15 is 0 Å². The zero-order valence-electron chi connectivity index (χ0n) is 11.0. The van der Waals surface area contributed by atoms with Gasteiger partial charge in [0.15, 0.2) is 5.78 Å². The summed E-state index contributed by atoms with van der Waals surface area (Å²) < 4.78 is 0. The van der Waals surface area contributed by atoms with Gasteiger partial charge in [-0.05, 0) is 37.2 Å². The number of allylic oxidation sites excluding steroid dienone is 2. The van der Waals surface area contributed by atoms with Gasteiger partial charge in [0.05, 0.1) is 6.10 Å². The second kappa shape index (κ2) is 4.09. The number of aliphatic hydroxyl groups excluding tert-OH is 1. The fourth-order valence-electron chi connectivity index (χ4n) is 3.34. The maximum Gasteiger partial charge on any atom is 0.159 e. The van der Waals surface area contributed by atoms with Gasteiger partial charge >= 0.3 is 0 Å². The molecule has 0 aromatic heterocycles. The SMILES string of the molecule is C=C(C)C1CC(=O)C2=CCC(O)C(C)C2(C)C1. The Labute approximate surface area is 103 Å². The van der Waals surface area contributed by atoms with Crippen LogP contribution in [0.5, 0.6) is 0 Å². The fourth-order valence-corrected chi connectivity index (χ4v) is 3.34. The maximum absolute atomic E-state index is 12.2. The van der Waals surface area contributed by atoms with Crippen LogP contribution in [0.1, 0.15) is 40.0 Å². The van der Waals surface area contributed by atoms with Crippen molar-refractivity contribution >= 4 is 5.78 Å². The molecular formula is C15H22O2. The molecule has 94 valence electrons. The lowest BCUT2D eigenvalue weighted by atomic mass is 9.56. The molecule has 0 radical (unpaired) electrons. The highest BCUT2D eigenvalue weighted by atomic mass is 16.3. The summed E-state index contributed by atoms with van der Waals surface area (Å²) in [6.45, 7) is 10.2. The highest BCUT2D eigenvalue weighted by Gasteiger charge is 2.48. The minimum atomic E-state index is -0.319. The lowest BCUT2D eigenvalue weighted by Crippen LogP contribution is -2.45. The highest BCUT2D eigenvalue weighted by molar-refractivity contribution is 5.98. The Kier molecular flexibility index (Phi) is 3.03. The van der Waals surface area contributed by atoms with Gasteiger partial charge in [-0.3, -0.25) is 4.79 Å². The fraction of sp³-hybridized carbons (Fsp3) is 0.667. The molecule has 4 atom stereocenters. The quantitative estimate of drug-likeness (QED) is 0.708. The Bertz CT molecular complexity index is 394. The Morgan fingerprint density at radius 3 is 2.82 bits per heavy atom. The van der Waals surface area contributed by atoms with Crippen molar-refractivity contribution in [3.05, 3.63) is 23.8 Å². The van der Waals surface area contributed by atoms with E-state index in [0.29, 0.717) is 12.8 Å². The van der Waals surface area contributed by atoms with Crippen LogP contribution < -0.4 is 0 Å². The van der Waals surface area contributed by atoms with Gasteiger partial charge in [0.1, 0.15) is 0 Å². The number of hydrogen-bond acceptors (Lipinski definition) is 2. The molecule has 2 aliphatic rings. The summed E-state index contributed by atoms with van der Waals surface area (Å²) in [4.78, 5) is 12.2. The molecule has 0 heterocycles. The van der Waals surface area contributed by atoms with E-state index < -0.39 is 0 Å². The second-order valence-electron chi connectivity index (χ2n) is 6.00. The van der Waals surface area contributed by atoms with Crippen molar-refractivity contribution < 1.29 is 9.90 Å². The normalized spacial score (nSPS) is 41.8. The monoisotopic (exact) mass is 234 g/mol. The van der Waals surface area contributed by atoms with Crippen LogP contribution in [0.4, 0.5) is 0 Å². The summed E-state index contributed by atoms with van der Waals surface area (Å²) in [5.41, 5.74) is 1.87. The first-order chi connectivity index (χ1) is 7.86. The lowest BCUT2D eigenvalue weighted by molar-refractivity contribution is -0.121. The molecule has 1 fully saturated rings. The highest BCUT2D eigenvalue weighted by Crippen LogP contribution is 2.51. The number of carbonyl (C=O) groups is 1. The number of rotatable bonds is 1. The molecule has 2 rings (SSSR count). The Hall–Kier alpha value is -0.890. The van der Waals surface area contributed by atoms with Crippen LogP contribution in [0.3, 0.4) is 0 Å². The summed E-state index contributed by atoms with van der Waals surface area (Å²) in [7, 11) is 0. The van der Waals surface area contributed by atoms with Gasteiger partial charge in [-0.1, -0.05) is 32.1 Å². The van der Waals surface area contributed by atoms with Crippen LogP contribution in [0.2, 0.25) is 0 Å². The number of ketones is 1. The topological polar surface area (TPSA) is 37.3 Å². The molecule has 4 unspecified atom stereocenters. The van der Waals surface area contributed by atoms with Gasteiger partial charge in [0.2, 0.25) is 0 Å². The van der Waals surface area contributed by atoms with E-state index in [2.05, 4.69) is 20.4 Å². The van der Waals surface area contributed by atoms with Crippen LogP contribution in [-0.2, 0) is 4.79 Å². The molecule has 2 nitrogen and oxygen atoms in total. The molecule has 0 aromatic rings. The molecule has 0 aliphatic heterocycles. The second-order valence-corrected chi connectivity index (χ2v) is 6.00. The van der Waals surface area contributed by atoms with E-state index in [4.69, 9.17) is 0 Å². The first kappa shape index (κ1) is 12.6. The van der Waals surface area contributed by atoms with Crippen LogP contribution >= 0.6 is 0 Å². The predicted molar refractivity (Wildman–Crippen MR) is 68.5 cm³/mol. The number of Topliss-reactive ketones (excluding diaryl/α,β-unsaturated/α-hetero) is 1. The van der Waals surface area contributed by atoms with Crippen LogP contribution in [0.15, 0.2) is 23.8 Å². The maximum atomic E-state index is 12.2. The van der Waals surface area contributed by atoms with E-state index in [9.17, 15) is 9.90 Å². The van der Waals surface area contributed by atoms with Crippen molar-refractivity contribution in [2.75, 3.05) is 0 Å². The van der Waals surface area contributed by atoms with Crippen molar-refractivity contribution in [2.24, 2.45) is 17.3 Å². The molecule has 0 aromatic carbocycles. The van der Waals surface area contributed by atoms with E-state index in [1.54, 1.807) is 0 Å². The summed E-state index contributed by atoms with van der Waals surface area (Å²) in [5, 5.41) is 10.0. The Morgan fingerprint density at radius 1 is 1.59 bits per heavy atom. The summed E-state index contributed by atoms with van der Waals surface area (Å²) in [5.74, 6) is 0.677. The molecule has 0 saturated heterocycles. The standard InChI is InChI=1S/C15H22O2/c1-9(2)11-7-14(17)12-5-6-13(16)10(3)15(12,4)8-11/h5,10-11,13,16H,1,6-8H2,2-4H3. The van der Waals surface area contributed by atoms with Gasteiger partial charge in [-0.25, -0.2) is 0 Å². The average molecular weight is 234 g/mol. The molecule has 2 aliphatic carbocycles. The molecule has 0 amide bonds. The van der Waals surface area contributed by atoms with Gasteiger partial charge in [-0.2, -0.15) is 0 Å². The number of carbonyl (C=O) groups excluding carboxylic acids is 1. The van der Waals surface area contributed by atoms with E-state index in [1.165, 1.54) is 0 Å². The third-order valence-electron chi connectivity index (χ3n) is 4.86. The van der Waals surface area contributed by atoms with Crippen molar-refractivity contribution in [1.29, 1.82) is 0 Å². The molecule has 1 saturated carbocycles. The van der Waals surface area contributed by atoms with Gasteiger partial charge in [0, 0.05) is 11.8 Å². The van der Waals surface area contributed by atoms with Crippen molar-refractivity contribution in [3.8, 4) is 0 Å². The first-order valence-corrected chi connectivity index (χ1v) is 6.43. The smallest absolute Gasteiger partial charge is 0.159 e. The van der Waals surface area contributed by atoms with Crippen molar-refractivity contribution in [1.82, 2.24) is 0 Å². The molecule has 0 bridgehead atoms. The van der Waals surface area contributed by atoms with Gasteiger partial charge < -0.3 is 5.11 Å². The largest absolute Gasteiger partial charge is 0.392 e. The molecule has 17 heavy (non-hydrogen) atoms. The Morgan fingerprint density at radius 2 is 2.24 bits per heavy atom. The summed E-state index contributed by atoms with van der Waals surface area (Å²) >= 11 is 0. The molecule has 0 spiro atoms. The minimum Gasteiger partial charge on any atom is -0.392 e. The molecule has 1 N–H and O–H groups in total. The molecule has 2 heteroatoms. The van der Waals surface area contributed by atoms with Crippen molar-refractivity contribution in [3.63, 3.8) is 0 Å². The van der Waals surface area contributed by atoms with Crippen LogP contribution in [0.25, 0.3) is 0 Å². The van der Waals surface area contributed by atoms with E-state index in [-0.39, 0.29) is 29.1 Å². The lowest BCUT2D eigenvalue weighted by Gasteiger charge is -2.48. The molecular weight excluding hydrogens is 212 g/mol. The summed E-state index contributed by atoms with van der Waals surface area (Å²) in [6.07, 6.45) is 3.80. The zero-order valence-corrected chi connectivity index (χ0v) is 11.0. The summed E-state index contributed by atoms with van der Waals surface area (Å²) in [6, 6.07) is 0. The van der Waals surface area contributed by atoms with Gasteiger partial charge in [0.25, 0.3) is 0 Å². The van der Waals surface area contributed by atoms with Crippen LogP contribution in [-0.4, -0.2) is 17.0 Å². The van der Waals surface area contributed by atoms with Crippen LogP contribution in [0, 0.1) is 17.3 Å². The van der Waals surface area contributed by atoms with E-state index in [1.807, 2.05) is 13.0 Å². The minimum absolute atomic E-state index is 0.147. The predicted octanol–water partition coefficient (Wildman–Crippen LogP) is 2.88. The number of fused-ring (bicyclic) bond motifs is 1. The van der Waals surface area contributed by atoms with Gasteiger partial charge in [-0.15, -0.1) is 0 Å². The third kappa shape index (κ3) is 1.89. The number of hydrogen-bond donors (Lipinski definition) is 1. The average Bonchev–Trinajstić information content (AvgIpc) is 2.24. The Balaban J connectivity index is 2.39. The van der Waals surface area contributed by atoms with Crippen molar-refractivity contribution in [2.45, 2.75) is 46.1 Å². The zero-order chi connectivity index (χ0) is 12.8.